The predicted octanol–water partition coefficient (Wildman–Crippen LogP) is 6.24. The van der Waals surface area contributed by atoms with Crippen molar-refractivity contribution in [3.63, 3.8) is 0 Å². The van der Waals surface area contributed by atoms with E-state index in [2.05, 4.69) is 5.32 Å². The first kappa shape index (κ1) is 35.0. The van der Waals surface area contributed by atoms with Crippen LogP contribution in [0.3, 0.4) is 0 Å². The zero-order valence-electron chi connectivity index (χ0n) is 25.8. The van der Waals surface area contributed by atoms with Crippen LogP contribution in [-0.4, -0.2) is 58.0 Å². The first-order chi connectivity index (χ1) is 20.9. The number of methoxy groups -OCH3 is 2. The van der Waals surface area contributed by atoms with Crippen molar-refractivity contribution in [2.75, 3.05) is 25.1 Å². The minimum atomic E-state index is -4.32. The number of amides is 2. The largest absolute Gasteiger partial charge is 0.497 e. The highest BCUT2D eigenvalue weighted by atomic mass is 35.5. The van der Waals surface area contributed by atoms with Crippen LogP contribution in [-0.2, 0) is 26.2 Å². The molecule has 0 fully saturated rings. The van der Waals surface area contributed by atoms with E-state index in [4.69, 9.17) is 32.7 Å². The number of ether oxygens (including phenoxy) is 2. The molecule has 0 spiro atoms. The number of benzene rings is 3. The number of sulfonamides is 1. The van der Waals surface area contributed by atoms with E-state index in [1.54, 1.807) is 49.4 Å². The second-order valence-electron chi connectivity index (χ2n) is 10.3. The number of halogens is 2. The maximum Gasteiger partial charge on any atom is 0.264 e. The van der Waals surface area contributed by atoms with Crippen LogP contribution >= 0.6 is 23.2 Å². The number of nitrogens with one attached hydrogen (secondary N) is 1. The molecule has 0 bridgehead atoms. The minimum Gasteiger partial charge on any atom is -0.497 e. The van der Waals surface area contributed by atoms with E-state index in [0.29, 0.717) is 27.8 Å². The molecule has 0 heterocycles. The number of aryl methyl sites for hydroxylation is 1. The van der Waals surface area contributed by atoms with Crippen molar-refractivity contribution in [3.8, 4) is 11.5 Å². The van der Waals surface area contributed by atoms with Crippen molar-refractivity contribution in [1.82, 2.24) is 10.2 Å². The summed E-state index contributed by atoms with van der Waals surface area (Å²) in [6.45, 7) is 6.64. The van der Waals surface area contributed by atoms with Crippen LogP contribution in [0.2, 0.25) is 10.0 Å². The SMILES string of the molecule is CC[C@H](C(=O)N[C@@H](C)CC)N(Cc1c(Cl)cccc1Cl)C(=O)CN(c1cc(OC)ccc1OC)S(=O)(=O)c1ccc(C)cc1. The van der Waals surface area contributed by atoms with Gasteiger partial charge < -0.3 is 19.7 Å². The predicted molar refractivity (Wildman–Crippen MR) is 174 cm³/mol. The number of anilines is 1. The lowest BCUT2D eigenvalue weighted by Gasteiger charge is -2.34. The van der Waals surface area contributed by atoms with E-state index < -0.39 is 28.5 Å². The van der Waals surface area contributed by atoms with Gasteiger partial charge in [0.2, 0.25) is 11.8 Å². The zero-order valence-corrected chi connectivity index (χ0v) is 28.1. The lowest BCUT2D eigenvalue weighted by molar-refractivity contribution is -0.140. The van der Waals surface area contributed by atoms with Gasteiger partial charge in [0.25, 0.3) is 10.0 Å². The van der Waals surface area contributed by atoms with Gasteiger partial charge in [-0.2, -0.15) is 0 Å². The number of nitrogens with zero attached hydrogens (tertiary/aromatic N) is 2. The monoisotopic (exact) mass is 663 g/mol. The van der Waals surface area contributed by atoms with Crippen LogP contribution in [0, 0.1) is 6.92 Å². The number of hydrogen-bond donors (Lipinski definition) is 1. The van der Waals surface area contributed by atoms with E-state index in [9.17, 15) is 18.0 Å². The van der Waals surface area contributed by atoms with Gasteiger partial charge in [0.1, 0.15) is 24.1 Å². The molecule has 0 saturated heterocycles. The molecule has 3 aromatic rings. The highest BCUT2D eigenvalue weighted by Gasteiger charge is 2.35. The van der Waals surface area contributed by atoms with Crippen molar-refractivity contribution in [1.29, 1.82) is 0 Å². The first-order valence-corrected chi connectivity index (χ1v) is 16.4. The average molecular weight is 665 g/mol. The summed E-state index contributed by atoms with van der Waals surface area (Å²) in [5.41, 5.74) is 1.39. The molecule has 1 N–H and O–H groups in total. The van der Waals surface area contributed by atoms with Crippen LogP contribution in [0.25, 0.3) is 0 Å². The third-order valence-electron chi connectivity index (χ3n) is 7.32. The normalized spacial score (nSPS) is 12.6. The fraction of sp³-hybridized carbons (Fsp3) is 0.375. The summed E-state index contributed by atoms with van der Waals surface area (Å²) in [6.07, 6.45) is 0.938. The summed E-state index contributed by atoms with van der Waals surface area (Å²) in [7, 11) is -1.47. The van der Waals surface area contributed by atoms with Gasteiger partial charge in [-0.1, -0.05) is 60.8 Å². The Labute approximate surface area is 270 Å². The molecule has 0 unspecified atom stereocenters. The van der Waals surface area contributed by atoms with E-state index >= 15 is 0 Å². The van der Waals surface area contributed by atoms with Gasteiger partial charge in [-0.15, -0.1) is 0 Å². The molecular formula is C32H39Cl2N3O6S. The Morgan fingerprint density at radius 2 is 1.57 bits per heavy atom. The summed E-state index contributed by atoms with van der Waals surface area (Å²) in [6, 6.07) is 14.8. The quantitative estimate of drug-likeness (QED) is 0.219. The molecule has 0 aliphatic heterocycles. The van der Waals surface area contributed by atoms with Crippen molar-refractivity contribution in [3.05, 3.63) is 81.8 Å². The van der Waals surface area contributed by atoms with E-state index in [-0.39, 0.29) is 41.2 Å². The third-order valence-corrected chi connectivity index (χ3v) is 9.80. The summed E-state index contributed by atoms with van der Waals surface area (Å²) in [5, 5.41) is 3.57. The molecule has 0 aliphatic carbocycles. The van der Waals surface area contributed by atoms with Crippen LogP contribution in [0.4, 0.5) is 5.69 Å². The van der Waals surface area contributed by atoms with Crippen LogP contribution in [0.1, 0.15) is 44.7 Å². The average Bonchev–Trinajstić information content (AvgIpc) is 3.00. The smallest absolute Gasteiger partial charge is 0.264 e. The van der Waals surface area contributed by atoms with Gasteiger partial charge in [-0.3, -0.25) is 13.9 Å². The summed E-state index contributed by atoms with van der Waals surface area (Å²) in [5.74, 6) is -0.453. The van der Waals surface area contributed by atoms with Gasteiger partial charge in [0, 0.05) is 34.3 Å². The molecule has 12 heteroatoms. The highest BCUT2D eigenvalue weighted by molar-refractivity contribution is 7.92. The van der Waals surface area contributed by atoms with Gasteiger partial charge in [-0.05, 0) is 63.1 Å². The Kier molecular flexibility index (Phi) is 12.3. The van der Waals surface area contributed by atoms with E-state index in [1.807, 2.05) is 20.8 Å². The molecule has 0 saturated carbocycles. The molecule has 3 rings (SSSR count). The molecular weight excluding hydrogens is 625 g/mol. The summed E-state index contributed by atoms with van der Waals surface area (Å²) >= 11 is 13.0. The minimum absolute atomic E-state index is 0.0250. The van der Waals surface area contributed by atoms with E-state index in [0.717, 1.165) is 9.87 Å². The van der Waals surface area contributed by atoms with Crippen molar-refractivity contribution < 1.29 is 27.5 Å². The Hall–Kier alpha value is -3.47. The molecule has 0 aromatic heterocycles. The van der Waals surface area contributed by atoms with E-state index in [1.165, 1.54) is 37.3 Å². The molecule has 2 atom stereocenters. The summed E-state index contributed by atoms with van der Waals surface area (Å²) < 4.78 is 40.3. The topological polar surface area (TPSA) is 105 Å². The van der Waals surface area contributed by atoms with Gasteiger partial charge in [-0.25, -0.2) is 8.42 Å². The number of carbonyl (C=O) groups excluding carboxylic acids is 2. The standard InChI is InChI=1S/C32H39Cl2N3O6S/c1-7-22(4)35-32(39)28(8-2)36(19-25-26(33)10-9-11-27(25)34)31(38)20-37(29-18-23(42-5)14-17-30(29)43-6)44(40,41)24-15-12-21(3)13-16-24/h9-18,22,28H,7-8,19-20H2,1-6H3,(H,35,39)/t22-,28+/m0/s1. The number of rotatable bonds is 14. The fourth-order valence-electron chi connectivity index (χ4n) is 4.56. The zero-order chi connectivity index (χ0) is 32.6. The Morgan fingerprint density at radius 3 is 2.11 bits per heavy atom. The molecule has 0 radical (unpaired) electrons. The van der Waals surface area contributed by atoms with Crippen molar-refractivity contribution >= 4 is 50.7 Å². The lowest BCUT2D eigenvalue weighted by atomic mass is 10.1. The number of hydrogen-bond acceptors (Lipinski definition) is 6. The Balaban J connectivity index is 2.19. The molecule has 2 amide bonds. The van der Waals surface area contributed by atoms with Gasteiger partial charge in [0.05, 0.1) is 24.8 Å². The molecule has 44 heavy (non-hydrogen) atoms. The third kappa shape index (κ3) is 8.16. The maximum absolute atomic E-state index is 14.4. The van der Waals surface area contributed by atoms with Crippen molar-refractivity contribution in [2.45, 2.75) is 64.1 Å². The van der Waals surface area contributed by atoms with Crippen LogP contribution < -0.4 is 19.1 Å². The molecule has 3 aromatic carbocycles. The van der Waals surface area contributed by atoms with Crippen LogP contribution in [0.5, 0.6) is 11.5 Å². The second kappa shape index (κ2) is 15.5. The Morgan fingerprint density at radius 1 is 0.932 bits per heavy atom. The first-order valence-electron chi connectivity index (χ1n) is 14.2. The maximum atomic E-state index is 14.4. The van der Waals surface area contributed by atoms with Gasteiger partial charge >= 0.3 is 0 Å². The molecule has 0 aliphatic rings. The molecule has 9 nitrogen and oxygen atoms in total. The molecule has 238 valence electrons. The van der Waals surface area contributed by atoms with Crippen molar-refractivity contribution in [2.24, 2.45) is 0 Å². The summed E-state index contributed by atoms with van der Waals surface area (Å²) in [4.78, 5) is 29.2. The highest BCUT2D eigenvalue weighted by Crippen LogP contribution is 2.36. The van der Waals surface area contributed by atoms with Gasteiger partial charge in [0.15, 0.2) is 0 Å². The second-order valence-corrected chi connectivity index (χ2v) is 13.0. The van der Waals surface area contributed by atoms with Crippen LogP contribution in [0.15, 0.2) is 65.6 Å². The lowest BCUT2D eigenvalue weighted by Crippen LogP contribution is -2.53. The Bertz CT molecular complexity index is 1550. The fourth-order valence-corrected chi connectivity index (χ4v) is 6.49. The number of carbonyl (C=O) groups is 2.